The van der Waals surface area contributed by atoms with Gasteiger partial charge in [0, 0.05) is 13.0 Å². The maximum absolute atomic E-state index is 12.8. The molecule has 0 amide bonds. The minimum absolute atomic E-state index is 0.0219. The summed E-state index contributed by atoms with van der Waals surface area (Å²) in [4.78, 5) is 25.2. The SMILES string of the molecule is CC/C=C\C/C=C\C/C=C\C/C=C\C/C=C\CCCCCCCCOCC(COP(=O)([O-])OCC[N+](C)(C)C)OC(=O)CCCCCCCCCCCCCCCCCCCCCC. The Morgan fingerprint density at radius 3 is 1.36 bits per heavy atom. The molecule has 0 N–H and O–H groups in total. The zero-order chi connectivity index (χ0) is 46.9. The molecule has 0 aromatic heterocycles. The summed E-state index contributed by atoms with van der Waals surface area (Å²) in [5, 5.41) is 0. The summed E-state index contributed by atoms with van der Waals surface area (Å²) < 4.78 is 34.8. The summed E-state index contributed by atoms with van der Waals surface area (Å²) >= 11 is 0. The third kappa shape index (κ3) is 51.2. The number of carbonyl (C=O) groups is 1. The molecule has 2 atom stereocenters. The van der Waals surface area contributed by atoms with Crippen molar-refractivity contribution >= 4 is 13.8 Å². The highest BCUT2D eigenvalue weighted by Gasteiger charge is 2.20. The quantitative estimate of drug-likeness (QED) is 0.0197. The van der Waals surface area contributed by atoms with E-state index < -0.39 is 13.9 Å². The van der Waals surface area contributed by atoms with E-state index in [1.54, 1.807) is 0 Å². The van der Waals surface area contributed by atoms with E-state index in [1.807, 2.05) is 21.1 Å². The van der Waals surface area contributed by atoms with Crippen molar-refractivity contribution in [1.29, 1.82) is 0 Å². The van der Waals surface area contributed by atoms with Gasteiger partial charge < -0.3 is 27.9 Å². The Labute approximate surface area is 396 Å². The molecular weight excluding hydrogens is 818 g/mol. The average molecular weight is 920 g/mol. The van der Waals surface area contributed by atoms with Crippen LogP contribution in [-0.4, -0.2) is 70.7 Å². The van der Waals surface area contributed by atoms with E-state index in [1.165, 1.54) is 128 Å². The number of phosphoric acid groups is 1. The normalized spacial score (nSPS) is 14.0. The molecule has 0 spiro atoms. The lowest BCUT2D eigenvalue weighted by Crippen LogP contribution is -2.37. The second-order valence-electron chi connectivity index (χ2n) is 18.9. The number of carbonyl (C=O) groups excluding carboxylic acids is 1. The molecule has 0 aliphatic rings. The van der Waals surface area contributed by atoms with Crippen molar-refractivity contribution < 1.29 is 37.3 Å². The van der Waals surface area contributed by atoms with Crippen LogP contribution in [-0.2, 0) is 27.9 Å². The van der Waals surface area contributed by atoms with Crippen LogP contribution in [0.4, 0.5) is 0 Å². The van der Waals surface area contributed by atoms with Gasteiger partial charge >= 0.3 is 5.97 Å². The standard InChI is InChI=1S/C55H102NO7P/c1-6-8-10-12-14-16-18-20-22-24-26-28-29-31-33-35-37-39-41-43-45-47-50-60-52-54(53-62-64(58,59)61-51-49-56(3,4)5)63-55(57)48-46-44-42-40-38-36-34-32-30-27-25-23-21-19-17-15-13-11-9-7-2/h8,10,14,16,20,22,26,28,31,33,54H,6-7,9,11-13,15,17-19,21,23-25,27,29-30,32,34-53H2,1-5H3/b10-8-,16-14-,22-20-,28-26-,33-31-. The predicted octanol–water partition coefficient (Wildman–Crippen LogP) is 15.8. The summed E-state index contributed by atoms with van der Waals surface area (Å²) in [6, 6.07) is 0. The summed E-state index contributed by atoms with van der Waals surface area (Å²) in [7, 11) is 1.35. The maximum atomic E-state index is 12.8. The molecule has 0 radical (unpaired) electrons. The molecule has 374 valence electrons. The number of unbranched alkanes of at least 4 members (excludes halogenated alkanes) is 25. The van der Waals surface area contributed by atoms with Gasteiger partial charge in [0.2, 0.25) is 0 Å². The minimum Gasteiger partial charge on any atom is -0.756 e. The number of rotatable bonds is 49. The Bertz CT molecular complexity index is 1210. The lowest BCUT2D eigenvalue weighted by Gasteiger charge is -2.28. The molecule has 0 bridgehead atoms. The molecule has 0 saturated heterocycles. The van der Waals surface area contributed by atoms with E-state index >= 15 is 0 Å². The van der Waals surface area contributed by atoms with Gasteiger partial charge in [-0.2, -0.15) is 0 Å². The minimum atomic E-state index is -4.54. The molecule has 0 heterocycles. The van der Waals surface area contributed by atoms with Gasteiger partial charge in [0.1, 0.15) is 19.3 Å². The summed E-state index contributed by atoms with van der Waals surface area (Å²) in [5.41, 5.74) is 0. The fraction of sp³-hybridized carbons (Fsp3) is 0.800. The lowest BCUT2D eigenvalue weighted by atomic mass is 10.0. The second-order valence-corrected chi connectivity index (χ2v) is 20.3. The third-order valence-corrected chi connectivity index (χ3v) is 12.3. The maximum Gasteiger partial charge on any atom is 0.306 e. The predicted molar refractivity (Wildman–Crippen MR) is 273 cm³/mol. The zero-order valence-electron chi connectivity index (χ0n) is 42.5. The van der Waals surface area contributed by atoms with Crippen LogP contribution in [0.3, 0.4) is 0 Å². The van der Waals surface area contributed by atoms with E-state index in [0.717, 1.165) is 77.0 Å². The Morgan fingerprint density at radius 2 is 0.906 bits per heavy atom. The van der Waals surface area contributed by atoms with E-state index in [9.17, 15) is 14.3 Å². The highest BCUT2D eigenvalue weighted by Crippen LogP contribution is 2.38. The van der Waals surface area contributed by atoms with Crippen molar-refractivity contribution in [2.75, 3.05) is 54.1 Å². The van der Waals surface area contributed by atoms with Crippen LogP contribution in [0.25, 0.3) is 0 Å². The number of quaternary nitrogens is 1. The van der Waals surface area contributed by atoms with E-state index in [-0.39, 0.29) is 25.8 Å². The number of ether oxygens (including phenoxy) is 2. The molecule has 0 aromatic carbocycles. The lowest BCUT2D eigenvalue weighted by molar-refractivity contribution is -0.870. The van der Waals surface area contributed by atoms with Crippen LogP contribution in [0.5, 0.6) is 0 Å². The van der Waals surface area contributed by atoms with Gasteiger partial charge in [0.25, 0.3) is 7.82 Å². The van der Waals surface area contributed by atoms with E-state index in [0.29, 0.717) is 24.1 Å². The van der Waals surface area contributed by atoms with E-state index in [2.05, 4.69) is 74.6 Å². The van der Waals surface area contributed by atoms with Gasteiger partial charge in [-0.1, -0.05) is 222 Å². The topological polar surface area (TPSA) is 94.1 Å². The Balaban J connectivity index is 4.15. The highest BCUT2D eigenvalue weighted by molar-refractivity contribution is 7.45. The Hall–Kier alpha value is -1.80. The third-order valence-electron chi connectivity index (χ3n) is 11.3. The van der Waals surface area contributed by atoms with Gasteiger partial charge in [-0.05, 0) is 57.8 Å². The van der Waals surface area contributed by atoms with Gasteiger partial charge in [-0.3, -0.25) is 9.36 Å². The molecule has 0 aromatic rings. The van der Waals surface area contributed by atoms with Crippen LogP contribution in [0.2, 0.25) is 0 Å². The Morgan fingerprint density at radius 1 is 0.500 bits per heavy atom. The van der Waals surface area contributed by atoms with Gasteiger partial charge in [0.15, 0.2) is 0 Å². The first-order chi connectivity index (χ1) is 31.1. The van der Waals surface area contributed by atoms with E-state index in [4.69, 9.17) is 18.5 Å². The van der Waals surface area contributed by atoms with Crippen molar-refractivity contribution in [2.45, 2.75) is 232 Å². The monoisotopic (exact) mass is 920 g/mol. The molecule has 0 saturated carbocycles. The van der Waals surface area contributed by atoms with Crippen LogP contribution in [0, 0.1) is 0 Å². The number of allylic oxidation sites excluding steroid dienone is 10. The molecule has 64 heavy (non-hydrogen) atoms. The van der Waals surface area contributed by atoms with Gasteiger partial charge in [-0.15, -0.1) is 0 Å². The van der Waals surface area contributed by atoms with Gasteiger partial charge in [-0.25, -0.2) is 0 Å². The smallest absolute Gasteiger partial charge is 0.306 e. The largest absolute Gasteiger partial charge is 0.756 e. The van der Waals surface area contributed by atoms with Crippen molar-refractivity contribution in [3.05, 3.63) is 60.8 Å². The first kappa shape index (κ1) is 62.2. The van der Waals surface area contributed by atoms with Crippen LogP contribution >= 0.6 is 7.82 Å². The van der Waals surface area contributed by atoms with Crippen molar-refractivity contribution in [1.82, 2.24) is 0 Å². The van der Waals surface area contributed by atoms with Crippen LogP contribution < -0.4 is 4.89 Å². The number of likely N-dealkylation sites (N-methyl/N-ethyl adjacent to an activating group) is 1. The first-order valence-corrected chi connectivity index (χ1v) is 28.0. The molecule has 9 heteroatoms. The molecule has 2 unspecified atom stereocenters. The van der Waals surface area contributed by atoms with Crippen molar-refractivity contribution in [3.8, 4) is 0 Å². The molecule has 0 aliphatic heterocycles. The fourth-order valence-corrected chi connectivity index (χ4v) is 8.01. The molecule has 0 aliphatic carbocycles. The highest BCUT2D eigenvalue weighted by atomic mass is 31.2. The van der Waals surface area contributed by atoms with Crippen LogP contribution in [0.15, 0.2) is 60.8 Å². The number of nitrogens with zero attached hydrogens (tertiary/aromatic N) is 1. The number of hydrogen-bond donors (Lipinski definition) is 0. The molecule has 0 fully saturated rings. The second kappa shape index (κ2) is 47.7. The average Bonchev–Trinajstić information content (AvgIpc) is 3.25. The molecule has 8 nitrogen and oxygen atoms in total. The zero-order valence-corrected chi connectivity index (χ0v) is 43.4. The summed E-state index contributed by atoms with van der Waals surface area (Å²) in [6.07, 6.45) is 61.0. The summed E-state index contributed by atoms with van der Waals surface area (Å²) in [6.45, 7) is 5.29. The Kier molecular flexibility index (Phi) is 46.3. The number of esters is 1. The van der Waals surface area contributed by atoms with Crippen molar-refractivity contribution in [3.63, 3.8) is 0 Å². The van der Waals surface area contributed by atoms with Crippen LogP contribution in [0.1, 0.15) is 226 Å². The van der Waals surface area contributed by atoms with Gasteiger partial charge in [0.05, 0.1) is 34.4 Å². The molecule has 0 rings (SSSR count). The fourth-order valence-electron chi connectivity index (χ4n) is 7.28. The molecular formula is C55H102NO7P. The van der Waals surface area contributed by atoms with Crippen molar-refractivity contribution in [2.24, 2.45) is 0 Å². The summed E-state index contributed by atoms with van der Waals surface area (Å²) in [5.74, 6) is -0.337. The number of phosphoric ester groups is 1. The number of hydrogen-bond acceptors (Lipinski definition) is 7. The first-order valence-electron chi connectivity index (χ1n) is 26.5.